The van der Waals surface area contributed by atoms with Crippen molar-refractivity contribution in [3.63, 3.8) is 0 Å². The summed E-state index contributed by atoms with van der Waals surface area (Å²) >= 11 is 0. The first-order valence-corrected chi connectivity index (χ1v) is 10.4. The molecule has 29 heavy (non-hydrogen) atoms. The van der Waals surface area contributed by atoms with Crippen LogP contribution in [0.5, 0.6) is 0 Å². The molecule has 1 aromatic heterocycles. The van der Waals surface area contributed by atoms with Gasteiger partial charge in [0.15, 0.2) is 6.39 Å². The average Bonchev–Trinajstić information content (AvgIpc) is 3.44. The number of piperidine rings is 1. The maximum absolute atomic E-state index is 13.9. The molecule has 1 aromatic carbocycles. The van der Waals surface area contributed by atoms with Crippen molar-refractivity contribution in [3.8, 4) is 0 Å². The van der Waals surface area contributed by atoms with Crippen LogP contribution in [0.4, 0.5) is 4.39 Å². The molecule has 0 spiro atoms. The highest BCUT2D eigenvalue weighted by atomic mass is 19.1. The largest absolute Gasteiger partial charge is 0.438 e. The standard InChI is InChI=1S/C22H28FN3O3/c23-20-6-2-1-4-18(20)14-25-9-7-17(8-10-25)13-26(15-19-5-3-11-28-19)22(27)21-12-24-16-29-21/h1-2,4,6,12,16-17,19H,3,5,7-11,13-15H2. The Hall–Kier alpha value is -2.25. The van der Waals surface area contributed by atoms with Gasteiger partial charge in [-0.3, -0.25) is 9.69 Å². The monoisotopic (exact) mass is 401 g/mol. The van der Waals surface area contributed by atoms with Crippen molar-refractivity contribution in [3.05, 3.63) is 54.0 Å². The van der Waals surface area contributed by atoms with Crippen LogP contribution < -0.4 is 0 Å². The Kier molecular flexibility index (Phi) is 6.56. The van der Waals surface area contributed by atoms with Crippen LogP contribution in [0.3, 0.4) is 0 Å². The second-order valence-electron chi connectivity index (χ2n) is 8.02. The summed E-state index contributed by atoms with van der Waals surface area (Å²) in [6, 6.07) is 6.96. The van der Waals surface area contributed by atoms with E-state index in [0.717, 1.165) is 50.9 Å². The van der Waals surface area contributed by atoms with Crippen molar-refractivity contribution in [2.75, 3.05) is 32.8 Å². The molecule has 3 heterocycles. The fraction of sp³-hybridized carbons (Fsp3) is 0.545. The molecular formula is C22H28FN3O3. The first-order chi connectivity index (χ1) is 14.2. The Bertz CT molecular complexity index is 784. The van der Waals surface area contributed by atoms with E-state index >= 15 is 0 Å². The zero-order valence-electron chi connectivity index (χ0n) is 16.6. The number of benzene rings is 1. The minimum atomic E-state index is -0.144. The van der Waals surface area contributed by atoms with E-state index in [9.17, 15) is 9.18 Å². The van der Waals surface area contributed by atoms with Crippen molar-refractivity contribution >= 4 is 5.91 Å². The van der Waals surface area contributed by atoms with Crippen LogP contribution >= 0.6 is 0 Å². The summed E-state index contributed by atoms with van der Waals surface area (Å²) in [5.74, 6) is 0.432. The van der Waals surface area contributed by atoms with E-state index in [1.165, 1.54) is 18.7 Å². The molecule has 0 radical (unpaired) electrons. The van der Waals surface area contributed by atoms with Crippen LogP contribution in [-0.2, 0) is 11.3 Å². The van der Waals surface area contributed by atoms with E-state index in [1.807, 2.05) is 17.0 Å². The SMILES string of the molecule is O=C(c1cnco1)N(CC1CCN(Cc2ccccc2F)CC1)CC1CCCO1. The van der Waals surface area contributed by atoms with E-state index in [1.54, 1.807) is 6.07 Å². The Morgan fingerprint density at radius 3 is 2.72 bits per heavy atom. The molecule has 0 saturated carbocycles. The molecule has 0 bridgehead atoms. The third-order valence-electron chi connectivity index (χ3n) is 5.92. The molecule has 2 aliphatic heterocycles. The lowest BCUT2D eigenvalue weighted by Crippen LogP contribution is -2.43. The van der Waals surface area contributed by atoms with Crippen LogP contribution in [0.25, 0.3) is 0 Å². The highest BCUT2D eigenvalue weighted by molar-refractivity contribution is 5.91. The topological polar surface area (TPSA) is 58.8 Å². The van der Waals surface area contributed by atoms with Gasteiger partial charge < -0.3 is 14.1 Å². The van der Waals surface area contributed by atoms with E-state index in [-0.39, 0.29) is 23.6 Å². The lowest BCUT2D eigenvalue weighted by atomic mass is 9.95. The summed E-state index contributed by atoms with van der Waals surface area (Å²) in [5.41, 5.74) is 0.742. The number of carbonyl (C=O) groups excluding carboxylic acids is 1. The molecule has 1 amide bonds. The maximum atomic E-state index is 13.9. The second kappa shape index (κ2) is 9.50. The molecule has 1 atom stereocenters. The third kappa shape index (κ3) is 5.22. The fourth-order valence-corrected chi connectivity index (χ4v) is 4.26. The Morgan fingerprint density at radius 1 is 1.21 bits per heavy atom. The van der Waals surface area contributed by atoms with E-state index in [0.29, 0.717) is 25.6 Å². The normalized spacial score (nSPS) is 20.8. The number of aromatic nitrogens is 1. The number of carbonyl (C=O) groups is 1. The molecule has 2 aliphatic rings. The molecule has 2 saturated heterocycles. The van der Waals surface area contributed by atoms with Gasteiger partial charge in [-0.1, -0.05) is 18.2 Å². The Labute approximate surface area is 170 Å². The number of rotatable bonds is 7. The number of oxazole rings is 1. The van der Waals surface area contributed by atoms with Gasteiger partial charge in [0.2, 0.25) is 5.76 Å². The third-order valence-corrected chi connectivity index (χ3v) is 5.92. The smallest absolute Gasteiger partial charge is 0.291 e. The maximum Gasteiger partial charge on any atom is 0.291 e. The van der Waals surface area contributed by atoms with Gasteiger partial charge in [0.25, 0.3) is 5.91 Å². The number of amides is 1. The number of hydrogen-bond donors (Lipinski definition) is 0. The number of likely N-dealkylation sites (tertiary alicyclic amines) is 1. The second-order valence-corrected chi connectivity index (χ2v) is 8.02. The molecular weight excluding hydrogens is 373 g/mol. The van der Waals surface area contributed by atoms with Gasteiger partial charge in [-0.2, -0.15) is 0 Å². The zero-order valence-corrected chi connectivity index (χ0v) is 16.6. The number of hydrogen-bond acceptors (Lipinski definition) is 5. The minimum Gasteiger partial charge on any atom is -0.438 e. The van der Waals surface area contributed by atoms with Crippen LogP contribution in [-0.4, -0.2) is 59.6 Å². The average molecular weight is 401 g/mol. The van der Waals surface area contributed by atoms with Gasteiger partial charge in [-0.25, -0.2) is 9.37 Å². The predicted molar refractivity (Wildman–Crippen MR) is 106 cm³/mol. The lowest BCUT2D eigenvalue weighted by molar-refractivity contribution is 0.0422. The lowest BCUT2D eigenvalue weighted by Gasteiger charge is -2.35. The van der Waals surface area contributed by atoms with E-state index in [4.69, 9.17) is 9.15 Å². The summed E-state index contributed by atoms with van der Waals surface area (Å²) < 4.78 is 24.9. The van der Waals surface area contributed by atoms with Gasteiger partial charge in [-0.15, -0.1) is 0 Å². The predicted octanol–water partition coefficient (Wildman–Crippen LogP) is 3.35. The van der Waals surface area contributed by atoms with Crippen LogP contribution in [0.15, 0.2) is 41.3 Å². The summed E-state index contributed by atoms with van der Waals surface area (Å²) in [6.07, 6.45) is 6.87. The van der Waals surface area contributed by atoms with Crippen LogP contribution in [0.1, 0.15) is 41.8 Å². The molecule has 4 rings (SSSR count). The molecule has 0 N–H and O–H groups in total. The molecule has 1 unspecified atom stereocenters. The van der Waals surface area contributed by atoms with Crippen LogP contribution in [0.2, 0.25) is 0 Å². The van der Waals surface area contributed by atoms with E-state index < -0.39 is 0 Å². The summed E-state index contributed by atoms with van der Waals surface area (Å²) in [6.45, 7) is 4.49. The van der Waals surface area contributed by atoms with Crippen molar-refractivity contribution < 1.29 is 18.3 Å². The van der Waals surface area contributed by atoms with Crippen molar-refractivity contribution in [1.29, 1.82) is 0 Å². The van der Waals surface area contributed by atoms with E-state index in [2.05, 4.69) is 9.88 Å². The first-order valence-electron chi connectivity index (χ1n) is 10.4. The molecule has 7 heteroatoms. The number of ether oxygens (including phenoxy) is 1. The molecule has 156 valence electrons. The molecule has 0 aliphatic carbocycles. The summed E-state index contributed by atoms with van der Waals surface area (Å²) in [7, 11) is 0. The molecule has 6 nitrogen and oxygen atoms in total. The van der Waals surface area contributed by atoms with Crippen molar-refractivity contribution in [2.45, 2.75) is 38.3 Å². The van der Waals surface area contributed by atoms with Crippen molar-refractivity contribution in [2.24, 2.45) is 5.92 Å². The highest BCUT2D eigenvalue weighted by Gasteiger charge is 2.29. The Balaban J connectivity index is 1.33. The molecule has 2 fully saturated rings. The van der Waals surface area contributed by atoms with Gasteiger partial charge in [0, 0.05) is 31.8 Å². The van der Waals surface area contributed by atoms with Crippen LogP contribution in [0, 0.1) is 11.7 Å². The highest BCUT2D eigenvalue weighted by Crippen LogP contribution is 2.23. The Morgan fingerprint density at radius 2 is 2.03 bits per heavy atom. The number of nitrogens with zero attached hydrogens (tertiary/aromatic N) is 3. The first kappa shape index (κ1) is 20.0. The summed E-state index contributed by atoms with van der Waals surface area (Å²) in [5, 5.41) is 0. The zero-order chi connectivity index (χ0) is 20.1. The van der Waals surface area contributed by atoms with Gasteiger partial charge in [-0.05, 0) is 50.8 Å². The van der Waals surface area contributed by atoms with Crippen molar-refractivity contribution in [1.82, 2.24) is 14.8 Å². The quantitative estimate of drug-likeness (QED) is 0.712. The summed E-state index contributed by atoms with van der Waals surface area (Å²) in [4.78, 5) is 20.9. The fourth-order valence-electron chi connectivity index (χ4n) is 4.26. The molecule has 2 aromatic rings. The minimum absolute atomic E-state index is 0.100. The van der Waals surface area contributed by atoms with Gasteiger partial charge >= 0.3 is 0 Å². The van der Waals surface area contributed by atoms with Gasteiger partial charge in [0.05, 0.1) is 12.3 Å². The number of halogens is 1. The van der Waals surface area contributed by atoms with Gasteiger partial charge in [0.1, 0.15) is 5.82 Å².